The lowest BCUT2D eigenvalue weighted by Crippen LogP contribution is -2.43. The van der Waals surface area contributed by atoms with E-state index < -0.39 is 0 Å². The van der Waals surface area contributed by atoms with Crippen LogP contribution in [-0.4, -0.2) is 39.8 Å². The first-order valence-corrected chi connectivity index (χ1v) is 7.67. The molecule has 2 N–H and O–H groups in total. The van der Waals surface area contributed by atoms with Gasteiger partial charge < -0.3 is 10.6 Å². The van der Waals surface area contributed by atoms with Crippen molar-refractivity contribution in [3.8, 4) is 0 Å². The number of aliphatic imine (C=N–C) groups is 1. The Bertz CT molecular complexity index is 440. The lowest BCUT2D eigenvalue weighted by molar-refractivity contribution is 0.583. The molecular weight excluding hydrogens is 385 g/mol. The maximum Gasteiger partial charge on any atom is 0.191 e. The Morgan fingerprint density at radius 1 is 1.55 bits per heavy atom. The van der Waals surface area contributed by atoms with E-state index in [9.17, 15) is 0 Å². The summed E-state index contributed by atoms with van der Waals surface area (Å²) >= 11 is 2.06. The first-order chi connectivity index (χ1) is 9.13. The molecule has 1 unspecified atom stereocenters. The Balaban J connectivity index is 0.00000200. The molecule has 1 fully saturated rings. The van der Waals surface area contributed by atoms with Crippen LogP contribution in [0.25, 0.3) is 0 Å². The molecular formula is C13H24IN5S. The summed E-state index contributed by atoms with van der Waals surface area (Å²) < 4.78 is 2.22. The van der Waals surface area contributed by atoms with Crippen molar-refractivity contribution in [2.75, 3.05) is 19.3 Å². The Kier molecular flexibility index (Phi) is 7.14. The Hall–Kier alpha value is -0.440. The number of thioether (sulfide) groups is 1. The van der Waals surface area contributed by atoms with E-state index in [1.165, 1.54) is 18.6 Å². The van der Waals surface area contributed by atoms with Gasteiger partial charge in [0.05, 0.1) is 12.2 Å². The highest BCUT2D eigenvalue weighted by molar-refractivity contribution is 14.0. The molecule has 20 heavy (non-hydrogen) atoms. The molecule has 0 amide bonds. The average molecular weight is 409 g/mol. The Labute approximate surface area is 142 Å². The predicted molar refractivity (Wildman–Crippen MR) is 96.9 cm³/mol. The highest BCUT2D eigenvalue weighted by atomic mass is 127. The molecule has 1 aromatic rings. The van der Waals surface area contributed by atoms with Crippen LogP contribution < -0.4 is 10.6 Å². The van der Waals surface area contributed by atoms with Gasteiger partial charge in [0.1, 0.15) is 0 Å². The molecule has 0 radical (unpaired) electrons. The number of guanidine groups is 1. The van der Waals surface area contributed by atoms with Gasteiger partial charge in [-0.05, 0) is 31.6 Å². The summed E-state index contributed by atoms with van der Waals surface area (Å²) in [4.78, 5) is 4.26. The number of aromatic nitrogens is 2. The van der Waals surface area contributed by atoms with Crippen molar-refractivity contribution >= 4 is 41.7 Å². The second kappa shape index (κ2) is 8.11. The predicted octanol–water partition coefficient (Wildman–Crippen LogP) is 1.99. The zero-order valence-corrected chi connectivity index (χ0v) is 15.5. The van der Waals surface area contributed by atoms with Crippen molar-refractivity contribution < 1.29 is 0 Å². The molecule has 1 aliphatic rings. The molecule has 2 heterocycles. The fourth-order valence-electron chi connectivity index (χ4n) is 2.22. The number of rotatable bonds is 4. The van der Waals surface area contributed by atoms with Crippen LogP contribution in [0, 0.1) is 0 Å². The maximum atomic E-state index is 4.26. The molecule has 0 aromatic carbocycles. The van der Waals surface area contributed by atoms with Gasteiger partial charge in [-0.15, -0.1) is 24.0 Å². The van der Waals surface area contributed by atoms with Gasteiger partial charge in [-0.2, -0.15) is 16.9 Å². The molecule has 0 saturated carbocycles. The Morgan fingerprint density at radius 2 is 2.35 bits per heavy atom. The van der Waals surface area contributed by atoms with Crippen LogP contribution in [0.4, 0.5) is 0 Å². The number of aryl methyl sites for hydroxylation is 1. The van der Waals surface area contributed by atoms with Crippen LogP contribution in [0.15, 0.2) is 17.3 Å². The fourth-order valence-corrected chi connectivity index (χ4v) is 3.46. The Morgan fingerprint density at radius 3 is 2.90 bits per heavy atom. The molecule has 1 aliphatic heterocycles. The molecule has 5 nitrogen and oxygen atoms in total. The first kappa shape index (κ1) is 17.6. The minimum absolute atomic E-state index is 0. The molecule has 2 rings (SSSR count). The number of halogens is 1. The van der Waals surface area contributed by atoms with Gasteiger partial charge in [0.15, 0.2) is 5.96 Å². The maximum absolute atomic E-state index is 4.26. The molecule has 1 saturated heterocycles. The monoisotopic (exact) mass is 409 g/mol. The molecule has 1 aromatic heterocycles. The van der Waals surface area contributed by atoms with Crippen molar-refractivity contribution in [2.45, 2.75) is 31.1 Å². The van der Waals surface area contributed by atoms with Crippen LogP contribution in [0.3, 0.4) is 0 Å². The van der Waals surface area contributed by atoms with Crippen LogP contribution in [0.2, 0.25) is 0 Å². The topological polar surface area (TPSA) is 54.2 Å². The third-order valence-electron chi connectivity index (χ3n) is 3.51. The number of nitrogens with zero attached hydrogens (tertiary/aromatic N) is 3. The van der Waals surface area contributed by atoms with Gasteiger partial charge in [-0.1, -0.05) is 0 Å². The van der Waals surface area contributed by atoms with Gasteiger partial charge in [0, 0.05) is 31.6 Å². The number of hydrogen-bond acceptors (Lipinski definition) is 3. The lowest BCUT2D eigenvalue weighted by Gasteiger charge is -2.24. The first-order valence-electron chi connectivity index (χ1n) is 6.68. The summed E-state index contributed by atoms with van der Waals surface area (Å²) in [5.74, 6) is 2.13. The molecule has 1 atom stereocenters. The van der Waals surface area contributed by atoms with Crippen LogP contribution in [0.5, 0.6) is 0 Å². The number of hydrogen-bond donors (Lipinski definition) is 2. The average Bonchev–Trinajstić information content (AvgIpc) is 3.00. The summed E-state index contributed by atoms with van der Waals surface area (Å²) in [6.07, 6.45) is 4.41. The minimum Gasteiger partial charge on any atom is -0.355 e. The summed E-state index contributed by atoms with van der Waals surface area (Å²) in [5.41, 5.74) is 1.14. The van der Waals surface area contributed by atoms with Gasteiger partial charge in [0.2, 0.25) is 0 Å². The highest BCUT2D eigenvalue weighted by Crippen LogP contribution is 2.36. The summed E-state index contributed by atoms with van der Waals surface area (Å²) in [7, 11) is 3.76. The normalized spacial score (nSPS) is 22.4. The van der Waals surface area contributed by atoms with Crippen molar-refractivity contribution in [2.24, 2.45) is 12.0 Å². The van der Waals surface area contributed by atoms with E-state index in [1.54, 1.807) is 0 Å². The largest absolute Gasteiger partial charge is 0.355 e. The molecule has 7 heteroatoms. The smallest absolute Gasteiger partial charge is 0.191 e. The third-order valence-corrected chi connectivity index (χ3v) is 5.05. The minimum atomic E-state index is 0. The second-order valence-corrected chi connectivity index (χ2v) is 6.81. The number of nitrogens with one attached hydrogen (secondary N) is 2. The van der Waals surface area contributed by atoms with E-state index in [0.29, 0.717) is 4.75 Å². The van der Waals surface area contributed by atoms with Gasteiger partial charge in [-0.3, -0.25) is 9.67 Å². The summed E-state index contributed by atoms with van der Waals surface area (Å²) in [5, 5.41) is 10.9. The standard InChI is InChI=1S/C13H23N5S.HI/c1-13(6-4-8-19-13)10-16-12(14-2)15-9-11-5-7-17-18(11)3;/h5,7H,4,6,8-10H2,1-3H3,(H2,14,15,16);1H. The zero-order valence-electron chi connectivity index (χ0n) is 12.3. The van der Waals surface area contributed by atoms with Crippen LogP contribution in [-0.2, 0) is 13.6 Å². The quantitative estimate of drug-likeness (QED) is 0.454. The van der Waals surface area contributed by atoms with Crippen LogP contribution in [0.1, 0.15) is 25.5 Å². The highest BCUT2D eigenvalue weighted by Gasteiger charge is 2.29. The zero-order chi connectivity index (χ0) is 13.7. The van der Waals surface area contributed by atoms with E-state index in [4.69, 9.17) is 0 Å². The van der Waals surface area contributed by atoms with E-state index >= 15 is 0 Å². The van der Waals surface area contributed by atoms with Crippen molar-refractivity contribution in [1.82, 2.24) is 20.4 Å². The fraction of sp³-hybridized carbons (Fsp3) is 0.692. The van der Waals surface area contributed by atoms with E-state index in [-0.39, 0.29) is 24.0 Å². The van der Waals surface area contributed by atoms with E-state index in [1.807, 2.05) is 31.0 Å². The SMILES string of the molecule is CN=C(NCc1ccnn1C)NCC1(C)CCCS1.I. The van der Waals surface area contributed by atoms with Gasteiger partial charge in [-0.25, -0.2) is 0 Å². The van der Waals surface area contributed by atoms with Gasteiger partial charge >= 0.3 is 0 Å². The van der Waals surface area contributed by atoms with E-state index in [0.717, 1.165) is 24.7 Å². The second-order valence-electron chi connectivity index (χ2n) is 5.13. The summed E-state index contributed by atoms with van der Waals surface area (Å²) in [6.45, 7) is 4.02. The van der Waals surface area contributed by atoms with Crippen LogP contribution >= 0.6 is 35.7 Å². The summed E-state index contributed by atoms with van der Waals surface area (Å²) in [6, 6.07) is 2.01. The van der Waals surface area contributed by atoms with Gasteiger partial charge in [0.25, 0.3) is 0 Å². The van der Waals surface area contributed by atoms with Crippen molar-refractivity contribution in [1.29, 1.82) is 0 Å². The molecule has 114 valence electrons. The van der Waals surface area contributed by atoms with Crippen molar-refractivity contribution in [3.63, 3.8) is 0 Å². The molecule has 0 bridgehead atoms. The lowest BCUT2D eigenvalue weighted by atomic mass is 10.1. The molecule has 0 aliphatic carbocycles. The molecule has 0 spiro atoms. The van der Waals surface area contributed by atoms with Crippen molar-refractivity contribution in [3.05, 3.63) is 18.0 Å². The van der Waals surface area contributed by atoms with E-state index in [2.05, 4.69) is 39.4 Å². The third kappa shape index (κ3) is 4.83.